The van der Waals surface area contributed by atoms with Crippen LogP contribution in [0.4, 0.5) is 4.79 Å². The number of primary amides is 1. The van der Waals surface area contributed by atoms with Gasteiger partial charge >= 0.3 is 12.0 Å². The lowest BCUT2D eigenvalue weighted by atomic mass is 9.98. The molecule has 2 aromatic carbocycles. The molecule has 3 amide bonds. The number of hydrogen-bond acceptors (Lipinski definition) is 5. The van der Waals surface area contributed by atoms with Crippen LogP contribution in [0.1, 0.15) is 40.1 Å². The molecule has 7 heteroatoms. The Morgan fingerprint density at radius 1 is 0.889 bits per heavy atom. The van der Waals surface area contributed by atoms with E-state index in [0.717, 1.165) is 0 Å². The Hall–Kier alpha value is -3.48. The fourth-order valence-corrected chi connectivity index (χ4v) is 2.47. The predicted octanol–water partition coefficient (Wildman–Crippen LogP) is 2.29. The number of urea groups is 1. The second-order valence-corrected chi connectivity index (χ2v) is 6.16. The van der Waals surface area contributed by atoms with Crippen molar-refractivity contribution in [2.24, 2.45) is 11.7 Å². The maximum atomic E-state index is 12.7. The molecule has 0 spiro atoms. The van der Waals surface area contributed by atoms with E-state index in [4.69, 9.17) is 10.5 Å². The van der Waals surface area contributed by atoms with Gasteiger partial charge in [0.1, 0.15) is 0 Å². The molecule has 0 aliphatic carbocycles. The molecule has 0 fully saturated rings. The van der Waals surface area contributed by atoms with E-state index in [2.05, 4.69) is 0 Å². The summed E-state index contributed by atoms with van der Waals surface area (Å²) in [5.41, 5.74) is 5.56. The number of imide groups is 1. The van der Waals surface area contributed by atoms with E-state index in [9.17, 15) is 19.2 Å². The van der Waals surface area contributed by atoms with Gasteiger partial charge in [0.05, 0.1) is 5.56 Å². The Bertz CT molecular complexity index is 862. The first-order valence-corrected chi connectivity index (χ1v) is 8.31. The molecule has 7 nitrogen and oxygen atoms in total. The smallest absolute Gasteiger partial charge is 0.339 e. The average molecular weight is 368 g/mol. The third-order valence-electron chi connectivity index (χ3n) is 3.77. The van der Waals surface area contributed by atoms with Crippen LogP contribution in [0.15, 0.2) is 54.6 Å². The quantitative estimate of drug-likeness (QED) is 0.599. The standard InChI is InChI=1S/C20H20N2O5/c1-12(2)17(18(24)22-20(21)26)27-19(25)15-11-7-6-10-14(15)16(23)13-8-4-3-5-9-13/h3-12,17H,1-2H3,(H3,21,22,24,26). The van der Waals surface area contributed by atoms with Crippen LogP contribution in [0, 0.1) is 5.92 Å². The van der Waals surface area contributed by atoms with Crippen LogP contribution in [0.5, 0.6) is 0 Å². The highest BCUT2D eigenvalue weighted by atomic mass is 16.5. The minimum Gasteiger partial charge on any atom is -0.448 e. The number of ketones is 1. The number of benzene rings is 2. The number of rotatable bonds is 6. The zero-order chi connectivity index (χ0) is 20.0. The number of hydrogen-bond donors (Lipinski definition) is 2. The minimum atomic E-state index is -1.23. The number of carbonyl (C=O) groups is 4. The maximum absolute atomic E-state index is 12.7. The lowest BCUT2D eigenvalue weighted by Gasteiger charge is -2.20. The highest BCUT2D eigenvalue weighted by molar-refractivity contribution is 6.14. The molecular weight excluding hydrogens is 348 g/mol. The molecule has 0 aliphatic rings. The van der Waals surface area contributed by atoms with Crippen molar-refractivity contribution < 1.29 is 23.9 Å². The molecule has 0 aliphatic heterocycles. The molecule has 3 N–H and O–H groups in total. The van der Waals surface area contributed by atoms with Crippen molar-refractivity contribution in [3.63, 3.8) is 0 Å². The van der Waals surface area contributed by atoms with Crippen LogP contribution in [-0.4, -0.2) is 29.8 Å². The topological polar surface area (TPSA) is 116 Å². The molecule has 2 rings (SSSR count). The van der Waals surface area contributed by atoms with E-state index in [1.807, 2.05) is 5.32 Å². The molecule has 1 unspecified atom stereocenters. The lowest BCUT2D eigenvalue weighted by molar-refractivity contribution is -0.130. The Kier molecular flexibility index (Phi) is 6.43. The zero-order valence-electron chi connectivity index (χ0n) is 15.0. The van der Waals surface area contributed by atoms with Crippen molar-refractivity contribution in [3.05, 3.63) is 71.3 Å². The van der Waals surface area contributed by atoms with E-state index in [-0.39, 0.29) is 16.9 Å². The fraction of sp³-hybridized carbons (Fsp3) is 0.200. The fourth-order valence-electron chi connectivity index (χ4n) is 2.47. The Morgan fingerprint density at radius 2 is 1.44 bits per heavy atom. The number of esters is 1. The van der Waals surface area contributed by atoms with E-state index >= 15 is 0 Å². The average Bonchev–Trinajstić information content (AvgIpc) is 2.65. The van der Waals surface area contributed by atoms with Crippen molar-refractivity contribution in [1.82, 2.24) is 5.32 Å². The summed E-state index contributed by atoms with van der Waals surface area (Å²) >= 11 is 0. The van der Waals surface area contributed by atoms with Gasteiger partial charge in [-0.2, -0.15) is 0 Å². The Labute approximate surface area is 156 Å². The second kappa shape index (κ2) is 8.75. The first kappa shape index (κ1) is 19.8. The van der Waals surface area contributed by atoms with E-state index < -0.39 is 29.9 Å². The van der Waals surface area contributed by atoms with E-state index in [1.54, 1.807) is 56.3 Å². The number of ether oxygens (including phenoxy) is 1. The molecule has 0 saturated heterocycles. The molecule has 1 atom stereocenters. The number of nitrogens with two attached hydrogens (primary N) is 1. The molecule has 2 aromatic rings. The van der Waals surface area contributed by atoms with Crippen LogP contribution in [0.25, 0.3) is 0 Å². The van der Waals surface area contributed by atoms with Gasteiger partial charge in [0.15, 0.2) is 11.9 Å². The molecule has 0 saturated carbocycles. The van der Waals surface area contributed by atoms with Crippen LogP contribution in [0.2, 0.25) is 0 Å². The molecule has 140 valence electrons. The van der Waals surface area contributed by atoms with Gasteiger partial charge in [0.2, 0.25) is 0 Å². The SMILES string of the molecule is CC(C)C(OC(=O)c1ccccc1C(=O)c1ccccc1)C(=O)NC(N)=O. The number of amides is 3. The van der Waals surface area contributed by atoms with Crippen LogP contribution in [-0.2, 0) is 9.53 Å². The first-order valence-electron chi connectivity index (χ1n) is 8.31. The summed E-state index contributed by atoms with van der Waals surface area (Å²) in [4.78, 5) is 48.3. The summed E-state index contributed by atoms with van der Waals surface area (Å²) < 4.78 is 5.28. The van der Waals surface area contributed by atoms with Gasteiger partial charge in [0.25, 0.3) is 5.91 Å². The van der Waals surface area contributed by atoms with Gasteiger partial charge in [-0.1, -0.05) is 62.4 Å². The number of nitrogens with one attached hydrogen (secondary N) is 1. The van der Waals surface area contributed by atoms with Gasteiger partial charge in [-0.25, -0.2) is 9.59 Å². The van der Waals surface area contributed by atoms with Crippen molar-refractivity contribution >= 4 is 23.7 Å². The van der Waals surface area contributed by atoms with Gasteiger partial charge in [-0.3, -0.25) is 14.9 Å². The number of carbonyl (C=O) groups excluding carboxylic acids is 4. The van der Waals surface area contributed by atoms with E-state index in [1.165, 1.54) is 12.1 Å². The predicted molar refractivity (Wildman–Crippen MR) is 98.1 cm³/mol. The van der Waals surface area contributed by atoms with Crippen LogP contribution >= 0.6 is 0 Å². The lowest BCUT2D eigenvalue weighted by Crippen LogP contribution is -2.45. The van der Waals surface area contributed by atoms with Gasteiger partial charge < -0.3 is 10.5 Å². The molecule has 0 radical (unpaired) electrons. The molecular formula is C20H20N2O5. The van der Waals surface area contributed by atoms with E-state index in [0.29, 0.717) is 5.56 Å². The monoisotopic (exact) mass is 368 g/mol. The first-order chi connectivity index (χ1) is 12.8. The zero-order valence-corrected chi connectivity index (χ0v) is 15.0. The second-order valence-electron chi connectivity index (χ2n) is 6.16. The van der Waals surface area contributed by atoms with Gasteiger partial charge in [-0.15, -0.1) is 0 Å². The summed E-state index contributed by atoms with van der Waals surface area (Å²) in [6.45, 7) is 3.30. The van der Waals surface area contributed by atoms with Crippen molar-refractivity contribution in [2.45, 2.75) is 20.0 Å². The van der Waals surface area contributed by atoms with Gasteiger partial charge in [0, 0.05) is 11.1 Å². The summed E-state index contributed by atoms with van der Waals surface area (Å²) in [7, 11) is 0. The molecule has 0 heterocycles. The van der Waals surface area contributed by atoms with Crippen molar-refractivity contribution in [3.8, 4) is 0 Å². The van der Waals surface area contributed by atoms with Crippen molar-refractivity contribution in [2.75, 3.05) is 0 Å². The van der Waals surface area contributed by atoms with Crippen LogP contribution in [0.3, 0.4) is 0 Å². The Morgan fingerprint density at radius 3 is 2.00 bits per heavy atom. The normalized spacial score (nSPS) is 11.5. The molecule has 27 heavy (non-hydrogen) atoms. The largest absolute Gasteiger partial charge is 0.448 e. The summed E-state index contributed by atoms with van der Waals surface area (Å²) in [5, 5.41) is 1.90. The van der Waals surface area contributed by atoms with Crippen molar-refractivity contribution in [1.29, 1.82) is 0 Å². The van der Waals surface area contributed by atoms with Crippen LogP contribution < -0.4 is 11.1 Å². The highest BCUT2D eigenvalue weighted by Gasteiger charge is 2.29. The summed E-state index contributed by atoms with van der Waals surface area (Å²) in [6, 6.07) is 13.6. The summed E-state index contributed by atoms with van der Waals surface area (Å²) in [5.74, 6) is -2.41. The minimum absolute atomic E-state index is 0.0314. The third kappa shape index (κ3) is 5.01. The molecule has 0 aromatic heterocycles. The molecule has 0 bridgehead atoms. The maximum Gasteiger partial charge on any atom is 0.339 e. The third-order valence-corrected chi connectivity index (χ3v) is 3.77. The van der Waals surface area contributed by atoms with Gasteiger partial charge in [-0.05, 0) is 12.0 Å². The highest BCUT2D eigenvalue weighted by Crippen LogP contribution is 2.18. The summed E-state index contributed by atoms with van der Waals surface area (Å²) in [6.07, 6.45) is -1.23. The Balaban J connectivity index is 2.30.